The minimum atomic E-state index is 0.380. The average molecular weight is 547 g/mol. The van der Waals surface area contributed by atoms with Gasteiger partial charge in [-0.1, -0.05) is 121 Å². The van der Waals surface area contributed by atoms with Crippen LogP contribution >= 0.6 is 0 Å². The number of nitrogens with zero attached hydrogens (tertiary/aromatic N) is 4. The molecule has 1 atom stereocenters. The third-order valence-electron chi connectivity index (χ3n) is 8.45. The van der Waals surface area contributed by atoms with Crippen molar-refractivity contribution in [1.82, 2.24) is 19.6 Å². The van der Waals surface area contributed by atoms with E-state index < -0.39 is 0 Å². The lowest BCUT2D eigenvalue weighted by Gasteiger charge is -2.36. The highest BCUT2D eigenvalue weighted by atomic mass is 15.3. The molecule has 1 heterocycles. The largest absolute Gasteiger partial charge is 0.297 e. The van der Waals surface area contributed by atoms with Crippen molar-refractivity contribution < 1.29 is 0 Å². The van der Waals surface area contributed by atoms with E-state index in [1.165, 1.54) is 22.3 Å². The van der Waals surface area contributed by atoms with Crippen molar-refractivity contribution in [2.75, 3.05) is 52.4 Å². The van der Waals surface area contributed by atoms with Crippen LogP contribution < -0.4 is 0 Å². The van der Waals surface area contributed by atoms with Crippen LogP contribution in [0, 0.1) is 0 Å². The van der Waals surface area contributed by atoms with Crippen molar-refractivity contribution in [2.45, 2.75) is 32.6 Å². The normalized spacial score (nSPS) is 17.9. The number of benzene rings is 4. The van der Waals surface area contributed by atoms with Gasteiger partial charge in [0, 0.05) is 78.0 Å². The van der Waals surface area contributed by atoms with Crippen LogP contribution in [0.3, 0.4) is 0 Å². The van der Waals surface area contributed by atoms with E-state index in [0.29, 0.717) is 6.04 Å². The highest BCUT2D eigenvalue weighted by Crippen LogP contribution is 2.21. The minimum Gasteiger partial charge on any atom is -0.297 e. The Bertz CT molecular complexity index is 1190. The van der Waals surface area contributed by atoms with Gasteiger partial charge < -0.3 is 0 Å². The molecule has 1 fully saturated rings. The van der Waals surface area contributed by atoms with E-state index in [1.54, 1.807) is 0 Å². The topological polar surface area (TPSA) is 13.0 Å². The quantitative estimate of drug-likeness (QED) is 0.248. The summed E-state index contributed by atoms with van der Waals surface area (Å²) in [6.07, 6.45) is 0. The first-order valence-corrected chi connectivity index (χ1v) is 15.3. The van der Waals surface area contributed by atoms with Crippen LogP contribution in [0.25, 0.3) is 0 Å². The van der Waals surface area contributed by atoms with Gasteiger partial charge in [-0.15, -0.1) is 0 Å². The van der Waals surface area contributed by atoms with Crippen molar-refractivity contribution >= 4 is 0 Å². The molecule has 0 aliphatic carbocycles. The van der Waals surface area contributed by atoms with Gasteiger partial charge in [-0.3, -0.25) is 19.6 Å². The van der Waals surface area contributed by atoms with Crippen LogP contribution in [0.15, 0.2) is 121 Å². The molecule has 4 nitrogen and oxygen atoms in total. The van der Waals surface area contributed by atoms with Crippen LogP contribution in [0.1, 0.15) is 35.2 Å². The van der Waals surface area contributed by atoms with Crippen molar-refractivity contribution in [3.8, 4) is 0 Å². The molecule has 5 rings (SSSR count). The molecule has 0 bridgehead atoms. The predicted octanol–water partition coefficient (Wildman–Crippen LogP) is 6.57. The molecule has 0 saturated carbocycles. The molecule has 41 heavy (non-hydrogen) atoms. The van der Waals surface area contributed by atoms with Gasteiger partial charge in [-0.2, -0.15) is 0 Å². The van der Waals surface area contributed by atoms with E-state index in [2.05, 4.69) is 148 Å². The Balaban J connectivity index is 1.36. The summed E-state index contributed by atoms with van der Waals surface area (Å²) >= 11 is 0. The van der Waals surface area contributed by atoms with Crippen molar-refractivity contribution in [2.24, 2.45) is 0 Å². The molecule has 0 amide bonds. The summed E-state index contributed by atoms with van der Waals surface area (Å²) in [6.45, 7) is 13.9. The Labute approximate surface area is 247 Å². The van der Waals surface area contributed by atoms with Crippen molar-refractivity contribution in [1.29, 1.82) is 0 Å². The van der Waals surface area contributed by atoms with Crippen molar-refractivity contribution in [3.05, 3.63) is 144 Å². The van der Waals surface area contributed by atoms with Gasteiger partial charge in [-0.05, 0) is 29.2 Å². The second-order valence-electron chi connectivity index (χ2n) is 11.4. The maximum Gasteiger partial charge on any atom is 0.0320 e. The lowest BCUT2D eigenvalue weighted by molar-refractivity contribution is 0.108. The zero-order chi connectivity index (χ0) is 28.1. The molecule has 0 radical (unpaired) electrons. The Hall–Kier alpha value is -3.28. The summed E-state index contributed by atoms with van der Waals surface area (Å²) in [6, 6.07) is 44.4. The van der Waals surface area contributed by atoms with E-state index in [4.69, 9.17) is 0 Å². The summed E-state index contributed by atoms with van der Waals surface area (Å²) in [5.41, 5.74) is 5.58. The lowest BCUT2D eigenvalue weighted by atomic mass is 10.1. The smallest absolute Gasteiger partial charge is 0.0320 e. The molecule has 0 unspecified atom stereocenters. The van der Waals surface area contributed by atoms with Gasteiger partial charge in [0.1, 0.15) is 0 Å². The van der Waals surface area contributed by atoms with Gasteiger partial charge in [-0.25, -0.2) is 0 Å². The molecule has 0 N–H and O–H groups in total. The third kappa shape index (κ3) is 9.37. The zero-order valence-electron chi connectivity index (χ0n) is 24.7. The van der Waals surface area contributed by atoms with E-state index in [0.717, 1.165) is 72.0 Å². The summed E-state index contributed by atoms with van der Waals surface area (Å²) in [4.78, 5) is 10.7. The number of hydrogen-bond acceptors (Lipinski definition) is 4. The highest BCUT2D eigenvalue weighted by molar-refractivity contribution is 5.19. The van der Waals surface area contributed by atoms with Gasteiger partial charge in [0.05, 0.1) is 0 Å². The highest BCUT2D eigenvalue weighted by Gasteiger charge is 2.21. The Morgan fingerprint density at radius 2 is 0.707 bits per heavy atom. The molecular formula is C37H46N4. The second kappa shape index (κ2) is 15.6. The molecule has 1 aliphatic heterocycles. The fourth-order valence-corrected chi connectivity index (χ4v) is 5.88. The maximum atomic E-state index is 2.70. The molecule has 0 spiro atoms. The first kappa shape index (κ1) is 29.2. The van der Waals surface area contributed by atoms with Crippen LogP contribution in [0.2, 0.25) is 0 Å². The Morgan fingerprint density at radius 3 is 1.05 bits per heavy atom. The summed E-state index contributed by atoms with van der Waals surface area (Å²) in [5, 5.41) is 0. The zero-order valence-corrected chi connectivity index (χ0v) is 24.7. The summed E-state index contributed by atoms with van der Waals surface area (Å²) in [5.74, 6) is 0. The first-order valence-electron chi connectivity index (χ1n) is 15.3. The summed E-state index contributed by atoms with van der Waals surface area (Å²) < 4.78 is 0. The van der Waals surface area contributed by atoms with E-state index in [-0.39, 0.29) is 0 Å². The van der Waals surface area contributed by atoms with Gasteiger partial charge in [0.2, 0.25) is 0 Å². The Morgan fingerprint density at radius 1 is 0.415 bits per heavy atom. The third-order valence-corrected chi connectivity index (χ3v) is 8.45. The number of hydrogen-bond donors (Lipinski definition) is 0. The fraction of sp³-hybridized carbons (Fsp3) is 0.351. The summed E-state index contributed by atoms with van der Waals surface area (Å²) in [7, 11) is 0. The van der Waals surface area contributed by atoms with Crippen LogP contribution in [-0.4, -0.2) is 72.0 Å². The molecule has 4 heteroatoms. The van der Waals surface area contributed by atoms with E-state index in [1.807, 2.05) is 0 Å². The van der Waals surface area contributed by atoms with Gasteiger partial charge in [0.15, 0.2) is 0 Å². The van der Waals surface area contributed by atoms with Crippen LogP contribution in [-0.2, 0) is 19.6 Å². The second-order valence-corrected chi connectivity index (χ2v) is 11.4. The molecular weight excluding hydrogens is 500 g/mol. The predicted molar refractivity (Wildman–Crippen MR) is 172 cm³/mol. The number of rotatable bonds is 8. The average Bonchev–Trinajstić information content (AvgIpc) is 3.02. The minimum absolute atomic E-state index is 0.380. The van der Waals surface area contributed by atoms with E-state index >= 15 is 0 Å². The SMILES string of the molecule is C[C@@H](c1ccccc1)N1CCN(Cc2ccccc2)CCN(Cc2ccccc2)CCN(Cc2ccccc2)CC1. The van der Waals surface area contributed by atoms with Gasteiger partial charge >= 0.3 is 0 Å². The van der Waals surface area contributed by atoms with Gasteiger partial charge in [0.25, 0.3) is 0 Å². The lowest BCUT2D eigenvalue weighted by Crippen LogP contribution is -2.46. The molecule has 1 aliphatic rings. The van der Waals surface area contributed by atoms with Crippen molar-refractivity contribution in [3.63, 3.8) is 0 Å². The molecule has 214 valence electrons. The monoisotopic (exact) mass is 546 g/mol. The Kier molecular flexibility index (Phi) is 11.2. The first-order chi connectivity index (χ1) is 20.2. The van der Waals surface area contributed by atoms with E-state index in [9.17, 15) is 0 Å². The standard InChI is InChI=1S/C37H46N4/c1-33(37-20-12-5-13-21-37)41-28-26-39(31-35-16-8-3-9-17-35)24-22-38(30-34-14-6-2-7-15-34)23-25-40(27-29-41)32-36-18-10-4-11-19-36/h2-21,33H,22-32H2,1H3/t33-/m0/s1. The molecule has 1 saturated heterocycles. The maximum absolute atomic E-state index is 2.70. The molecule has 0 aromatic heterocycles. The van der Waals surface area contributed by atoms with Crippen LogP contribution in [0.5, 0.6) is 0 Å². The fourth-order valence-electron chi connectivity index (χ4n) is 5.88. The molecule has 4 aromatic rings. The molecule has 4 aromatic carbocycles. The van der Waals surface area contributed by atoms with Crippen LogP contribution in [0.4, 0.5) is 0 Å².